The number of carbonyl (C=O) groups excluding carboxylic acids is 1. The minimum atomic E-state index is -1.70. The maximum atomic E-state index is 13.8. The highest BCUT2D eigenvalue weighted by Gasteiger charge is 2.19. The molecule has 0 fully saturated rings. The van der Waals surface area contributed by atoms with Crippen molar-refractivity contribution in [3.63, 3.8) is 0 Å². The predicted molar refractivity (Wildman–Crippen MR) is 114 cm³/mol. The molecule has 2 aromatic heterocycles. The van der Waals surface area contributed by atoms with Gasteiger partial charge in [0, 0.05) is 17.4 Å². The van der Waals surface area contributed by atoms with Crippen molar-refractivity contribution in [2.24, 2.45) is 0 Å². The Labute approximate surface area is 186 Å². The Hall–Kier alpha value is -4.21. The number of carbonyl (C=O) groups is 1. The van der Waals surface area contributed by atoms with Crippen molar-refractivity contribution in [1.29, 1.82) is 0 Å². The summed E-state index contributed by atoms with van der Waals surface area (Å²) in [5, 5.41) is 6.83. The monoisotopic (exact) mass is 453 g/mol. The van der Waals surface area contributed by atoms with E-state index in [4.69, 9.17) is 4.74 Å². The largest absolute Gasteiger partial charge is 0.439 e. The number of hydrogen-bond donors (Lipinski definition) is 1. The molecular weight excluding hydrogens is 435 g/mol. The zero-order chi connectivity index (χ0) is 23.7. The van der Waals surface area contributed by atoms with Gasteiger partial charge in [0.1, 0.15) is 11.6 Å². The molecule has 168 valence electrons. The number of nitrogens with one attached hydrogen (secondary N) is 1. The van der Waals surface area contributed by atoms with Gasteiger partial charge in [0.15, 0.2) is 23.3 Å². The van der Waals surface area contributed by atoms with E-state index in [0.29, 0.717) is 35.0 Å². The number of nitrogens with zero attached hydrogens (tertiary/aromatic N) is 4. The summed E-state index contributed by atoms with van der Waals surface area (Å²) in [7, 11) is 0. The van der Waals surface area contributed by atoms with Crippen molar-refractivity contribution in [3.8, 4) is 17.4 Å². The molecule has 7 nitrogen and oxygen atoms in total. The number of amides is 1. The third-order valence-electron chi connectivity index (χ3n) is 4.64. The summed E-state index contributed by atoms with van der Waals surface area (Å²) in [6, 6.07) is 11.3. The fourth-order valence-electron chi connectivity index (χ4n) is 3.17. The van der Waals surface area contributed by atoms with Crippen molar-refractivity contribution >= 4 is 11.6 Å². The number of halogens is 3. The Morgan fingerprint density at radius 3 is 2.33 bits per heavy atom. The molecule has 2 aromatic carbocycles. The maximum absolute atomic E-state index is 13.8. The highest BCUT2D eigenvalue weighted by Crippen LogP contribution is 2.24. The van der Waals surface area contributed by atoms with Gasteiger partial charge in [-0.15, -0.1) is 0 Å². The van der Waals surface area contributed by atoms with Gasteiger partial charge in [-0.1, -0.05) is 0 Å². The third kappa shape index (κ3) is 4.69. The summed E-state index contributed by atoms with van der Waals surface area (Å²) < 4.78 is 47.8. The fraction of sp³-hybridized carbons (Fsp3) is 0.130. The van der Waals surface area contributed by atoms with Gasteiger partial charge in [-0.05, 0) is 63.2 Å². The third-order valence-corrected chi connectivity index (χ3v) is 4.64. The lowest BCUT2D eigenvalue weighted by Crippen LogP contribution is -2.15. The van der Waals surface area contributed by atoms with E-state index in [2.05, 4.69) is 20.4 Å². The molecule has 0 bridgehead atoms. The molecule has 4 rings (SSSR count). The van der Waals surface area contributed by atoms with Crippen LogP contribution >= 0.6 is 0 Å². The van der Waals surface area contributed by atoms with Crippen LogP contribution in [0.2, 0.25) is 0 Å². The molecule has 0 aliphatic heterocycles. The minimum absolute atomic E-state index is 0.297. The molecule has 0 unspecified atom stereocenters. The summed E-state index contributed by atoms with van der Waals surface area (Å²) >= 11 is 0. The lowest BCUT2D eigenvalue weighted by Gasteiger charge is -2.10. The van der Waals surface area contributed by atoms with Gasteiger partial charge in [-0.3, -0.25) is 4.79 Å². The van der Waals surface area contributed by atoms with Crippen LogP contribution in [0.1, 0.15) is 27.6 Å². The molecule has 4 aromatic rings. The van der Waals surface area contributed by atoms with Gasteiger partial charge in [0.25, 0.3) is 5.91 Å². The number of anilines is 1. The van der Waals surface area contributed by atoms with Crippen LogP contribution in [0.5, 0.6) is 11.6 Å². The average molecular weight is 453 g/mol. The van der Waals surface area contributed by atoms with Gasteiger partial charge in [-0.25, -0.2) is 22.8 Å². The van der Waals surface area contributed by atoms with Gasteiger partial charge in [0.05, 0.1) is 11.3 Å². The molecule has 0 saturated heterocycles. The lowest BCUT2D eigenvalue weighted by atomic mass is 10.1. The lowest BCUT2D eigenvalue weighted by molar-refractivity contribution is 0.102. The Kier molecular flexibility index (Phi) is 5.82. The van der Waals surface area contributed by atoms with Crippen LogP contribution in [0.15, 0.2) is 48.5 Å². The first-order valence-corrected chi connectivity index (χ1v) is 9.83. The molecule has 1 N–H and O–H groups in total. The van der Waals surface area contributed by atoms with Crippen molar-refractivity contribution in [3.05, 3.63) is 88.8 Å². The van der Waals surface area contributed by atoms with Crippen molar-refractivity contribution < 1.29 is 22.7 Å². The average Bonchev–Trinajstić information content (AvgIpc) is 3.11. The van der Waals surface area contributed by atoms with E-state index in [-0.39, 0.29) is 0 Å². The quantitative estimate of drug-likeness (QED) is 0.428. The smallest absolute Gasteiger partial charge is 0.258 e. The summed E-state index contributed by atoms with van der Waals surface area (Å²) in [4.78, 5) is 20.9. The standard InChI is InChI=1S/C23H18F3N5O2/c1-12-10-13(2)31(30-12)19-11-20(28-14(3)27-19)33-16-6-4-15(5-7-16)29-23(32)17-8-9-18(24)22(26)21(17)25/h4-11H,1-3H3,(H,29,32). The van der Waals surface area contributed by atoms with Gasteiger partial charge in [0.2, 0.25) is 5.88 Å². The molecule has 0 aliphatic carbocycles. The summed E-state index contributed by atoms with van der Waals surface area (Å²) in [6.45, 7) is 5.53. The Morgan fingerprint density at radius 1 is 0.939 bits per heavy atom. The first kappa shape index (κ1) is 22.0. The highest BCUT2D eigenvalue weighted by atomic mass is 19.2. The Balaban J connectivity index is 1.50. The van der Waals surface area contributed by atoms with Gasteiger partial charge in [-0.2, -0.15) is 10.1 Å². The molecule has 33 heavy (non-hydrogen) atoms. The van der Waals surface area contributed by atoms with E-state index < -0.39 is 28.9 Å². The molecule has 0 spiro atoms. The maximum Gasteiger partial charge on any atom is 0.258 e. The molecule has 10 heteroatoms. The predicted octanol–water partition coefficient (Wildman–Crippen LogP) is 5.05. The van der Waals surface area contributed by atoms with E-state index in [1.807, 2.05) is 19.9 Å². The second kappa shape index (κ2) is 8.73. The van der Waals surface area contributed by atoms with E-state index in [9.17, 15) is 18.0 Å². The van der Waals surface area contributed by atoms with Gasteiger partial charge < -0.3 is 10.1 Å². The number of ether oxygens (including phenoxy) is 1. The molecule has 0 saturated carbocycles. The summed E-state index contributed by atoms with van der Waals surface area (Å²) in [5.41, 5.74) is 1.46. The van der Waals surface area contributed by atoms with E-state index in [1.54, 1.807) is 29.8 Å². The first-order chi connectivity index (χ1) is 15.7. The SMILES string of the molecule is Cc1cc(C)n(-c2cc(Oc3ccc(NC(=O)c4ccc(F)c(F)c4F)cc3)nc(C)n2)n1. The zero-order valence-corrected chi connectivity index (χ0v) is 17.9. The van der Waals surface area contributed by atoms with Crippen LogP contribution in [-0.2, 0) is 0 Å². The molecular formula is C23H18F3N5O2. The summed E-state index contributed by atoms with van der Waals surface area (Å²) in [6.07, 6.45) is 0. The molecule has 0 atom stereocenters. The second-order valence-electron chi connectivity index (χ2n) is 7.25. The topological polar surface area (TPSA) is 81.9 Å². The van der Waals surface area contributed by atoms with Crippen LogP contribution < -0.4 is 10.1 Å². The Bertz CT molecular complexity index is 1350. The number of aromatic nitrogens is 4. The number of aryl methyl sites for hydroxylation is 3. The van der Waals surface area contributed by atoms with Crippen LogP contribution in [0.4, 0.5) is 18.9 Å². The van der Waals surface area contributed by atoms with Crippen LogP contribution in [0, 0.1) is 38.2 Å². The van der Waals surface area contributed by atoms with Crippen molar-refractivity contribution in [2.75, 3.05) is 5.32 Å². The molecule has 0 radical (unpaired) electrons. The number of hydrogen-bond acceptors (Lipinski definition) is 5. The van der Waals surface area contributed by atoms with Crippen LogP contribution in [0.3, 0.4) is 0 Å². The summed E-state index contributed by atoms with van der Waals surface area (Å²) in [5.74, 6) is -3.77. The fourth-order valence-corrected chi connectivity index (χ4v) is 3.17. The highest BCUT2D eigenvalue weighted by molar-refractivity contribution is 6.04. The zero-order valence-electron chi connectivity index (χ0n) is 17.9. The van der Waals surface area contributed by atoms with E-state index >= 15 is 0 Å². The molecule has 1 amide bonds. The van der Waals surface area contributed by atoms with Gasteiger partial charge >= 0.3 is 0 Å². The van der Waals surface area contributed by atoms with E-state index in [1.165, 1.54) is 12.1 Å². The van der Waals surface area contributed by atoms with E-state index in [0.717, 1.165) is 17.5 Å². The molecule has 2 heterocycles. The number of benzene rings is 2. The minimum Gasteiger partial charge on any atom is -0.439 e. The van der Waals surface area contributed by atoms with Crippen molar-refractivity contribution in [1.82, 2.24) is 19.7 Å². The second-order valence-corrected chi connectivity index (χ2v) is 7.25. The first-order valence-electron chi connectivity index (χ1n) is 9.83. The van der Waals surface area contributed by atoms with Crippen LogP contribution in [0.25, 0.3) is 5.82 Å². The Morgan fingerprint density at radius 2 is 1.67 bits per heavy atom. The van der Waals surface area contributed by atoms with Crippen LogP contribution in [-0.4, -0.2) is 25.7 Å². The van der Waals surface area contributed by atoms with Crippen molar-refractivity contribution in [2.45, 2.75) is 20.8 Å². The number of rotatable bonds is 5. The molecule has 0 aliphatic rings. The normalized spacial score (nSPS) is 10.8.